The normalized spacial score (nSPS) is 11.3. The summed E-state index contributed by atoms with van der Waals surface area (Å²) in [5.74, 6) is -0.840. The lowest BCUT2D eigenvalue weighted by Crippen LogP contribution is -2.33. The van der Waals surface area contributed by atoms with Gasteiger partial charge in [0.05, 0.1) is 10.6 Å². The van der Waals surface area contributed by atoms with Crippen LogP contribution in [-0.4, -0.2) is 43.1 Å². The lowest BCUT2D eigenvalue weighted by atomic mass is 10.2. The van der Waals surface area contributed by atoms with Crippen LogP contribution in [0.25, 0.3) is 0 Å². The molecule has 0 unspecified atom stereocenters. The molecule has 0 N–H and O–H groups in total. The molecule has 0 amide bonds. The summed E-state index contributed by atoms with van der Waals surface area (Å²) in [4.78, 5) is 27.1. The quantitative estimate of drug-likeness (QED) is 0.549. The van der Waals surface area contributed by atoms with Gasteiger partial charge in [0, 0.05) is 18.8 Å². The van der Waals surface area contributed by atoms with Gasteiger partial charge >= 0.3 is 5.97 Å². The Hall–Kier alpha value is -2.58. The molecule has 0 saturated heterocycles. The van der Waals surface area contributed by atoms with Crippen molar-refractivity contribution in [2.45, 2.75) is 18.4 Å². The number of ketones is 1. The van der Waals surface area contributed by atoms with Crippen molar-refractivity contribution in [3.8, 4) is 0 Å². The molecule has 0 atom stereocenters. The number of sulfonamides is 1. The van der Waals surface area contributed by atoms with Gasteiger partial charge < -0.3 is 4.74 Å². The highest BCUT2D eigenvalue weighted by Gasteiger charge is 2.23. The largest absolute Gasteiger partial charge is 0.458 e. The highest BCUT2D eigenvalue weighted by atomic mass is 32.2. The number of benzene rings is 1. The van der Waals surface area contributed by atoms with Crippen LogP contribution in [0.1, 0.15) is 23.0 Å². The van der Waals surface area contributed by atoms with E-state index in [0.29, 0.717) is 11.3 Å². The zero-order valence-electron chi connectivity index (χ0n) is 13.9. The van der Waals surface area contributed by atoms with Crippen molar-refractivity contribution in [1.82, 2.24) is 9.29 Å². The standard InChI is InChI=1S/C17H18N2O5S/c1-13(20)14-6-8-16(9-7-14)25(22,23)19(2)11-17(21)24-12-15-5-3-4-10-18-15/h3-10H,11-12H2,1-2H3. The van der Waals surface area contributed by atoms with Gasteiger partial charge in [0.1, 0.15) is 13.2 Å². The van der Waals surface area contributed by atoms with Crippen LogP contribution in [0, 0.1) is 0 Å². The Balaban J connectivity index is 1.99. The van der Waals surface area contributed by atoms with E-state index in [-0.39, 0.29) is 17.3 Å². The lowest BCUT2D eigenvalue weighted by Gasteiger charge is -2.16. The molecule has 8 heteroatoms. The number of rotatable bonds is 7. The zero-order valence-corrected chi connectivity index (χ0v) is 14.7. The summed E-state index contributed by atoms with van der Waals surface area (Å²) in [5, 5.41) is 0. The Morgan fingerprint density at radius 1 is 1.12 bits per heavy atom. The van der Waals surface area contributed by atoms with Crippen molar-refractivity contribution in [3.05, 3.63) is 59.9 Å². The first kappa shape index (κ1) is 18.8. The van der Waals surface area contributed by atoms with Crippen LogP contribution in [0.15, 0.2) is 53.6 Å². The number of hydrogen-bond donors (Lipinski definition) is 0. The number of esters is 1. The molecule has 25 heavy (non-hydrogen) atoms. The van der Waals surface area contributed by atoms with Gasteiger partial charge in [-0.15, -0.1) is 0 Å². The molecule has 0 aliphatic carbocycles. The summed E-state index contributed by atoms with van der Waals surface area (Å²) in [6.45, 7) is 0.942. The van der Waals surface area contributed by atoms with E-state index in [0.717, 1.165) is 4.31 Å². The number of nitrogens with zero attached hydrogens (tertiary/aromatic N) is 2. The van der Waals surface area contributed by atoms with E-state index in [1.807, 2.05) is 0 Å². The topological polar surface area (TPSA) is 93.6 Å². The molecule has 0 aliphatic rings. The summed E-state index contributed by atoms with van der Waals surface area (Å²) in [5.41, 5.74) is 0.984. The minimum absolute atomic E-state index is 0.00229. The predicted octanol–water partition coefficient (Wildman–Crippen LogP) is 1.65. The van der Waals surface area contributed by atoms with Gasteiger partial charge in [0.15, 0.2) is 5.78 Å². The van der Waals surface area contributed by atoms with E-state index in [9.17, 15) is 18.0 Å². The molecule has 0 radical (unpaired) electrons. The average Bonchev–Trinajstić information content (AvgIpc) is 2.60. The van der Waals surface area contributed by atoms with Gasteiger partial charge in [-0.1, -0.05) is 18.2 Å². The molecule has 0 bridgehead atoms. The maximum atomic E-state index is 12.4. The monoisotopic (exact) mass is 362 g/mol. The van der Waals surface area contributed by atoms with Crippen molar-refractivity contribution < 1.29 is 22.7 Å². The van der Waals surface area contributed by atoms with E-state index in [2.05, 4.69) is 4.98 Å². The Labute approximate surface area is 146 Å². The van der Waals surface area contributed by atoms with Crippen molar-refractivity contribution in [2.75, 3.05) is 13.6 Å². The number of hydrogen-bond acceptors (Lipinski definition) is 6. The number of carbonyl (C=O) groups excluding carboxylic acids is 2. The Morgan fingerprint density at radius 3 is 2.36 bits per heavy atom. The van der Waals surface area contributed by atoms with E-state index < -0.39 is 22.5 Å². The number of likely N-dealkylation sites (N-methyl/N-ethyl adjacent to an activating group) is 1. The molecule has 2 rings (SSSR count). The molecular formula is C17H18N2O5S. The second-order valence-corrected chi connectivity index (χ2v) is 7.37. The van der Waals surface area contributed by atoms with Gasteiger partial charge in [-0.3, -0.25) is 14.6 Å². The average molecular weight is 362 g/mol. The fourth-order valence-electron chi connectivity index (χ4n) is 1.99. The summed E-state index contributed by atoms with van der Waals surface area (Å²) < 4.78 is 30.8. The minimum Gasteiger partial charge on any atom is -0.458 e. The fraction of sp³-hybridized carbons (Fsp3) is 0.235. The fourth-order valence-corrected chi connectivity index (χ4v) is 3.11. The van der Waals surface area contributed by atoms with Gasteiger partial charge in [0.25, 0.3) is 0 Å². The molecule has 132 valence electrons. The first-order valence-electron chi connectivity index (χ1n) is 7.43. The number of Topliss-reactive ketones (excluding diaryl/α,β-unsaturated/α-hetero) is 1. The van der Waals surface area contributed by atoms with Crippen LogP contribution in [0.3, 0.4) is 0 Å². The van der Waals surface area contributed by atoms with Crippen molar-refractivity contribution >= 4 is 21.8 Å². The number of aromatic nitrogens is 1. The summed E-state index contributed by atoms with van der Waals surface area (Å²) in [6, 6.07) is 10.7. The first-order chi connectivity index (χ1) is 11.8. The van der Waals surface area contributed by atoms with Crippen molar-refractivity contribution in [2.24, 2.45) is 0 Å². The van der Waals surface area contributed by atoms with E-state index in [1.165, 1.54) is 38.2 Å². The number of carbonyl (C=O) groups is 2. The Bertz CT molecular complexity index is 848. The molecular weight excluding hydrogens is 344 g/mol. The third-order valence-corrected chi connectivity index (χ3v) is 5.25. The van der Waals surface area contributed by atoms with Crippen LogP contribution in [0.2, 0.25) is 0 Å². The molecule has 2 aromatic rings. The van der Waals surface area contributed by atoms with Crippen LogP contribution in [0.5, 0.6) is 0 Å². The summed E-state index contributed by atoms with van der Waals surface area (Å²) >= 11 is 0. The molecule has 0 spiro atoms. The van der Waals surface area contributed by atoms with E-state index in [4.69, 9.17) is 4.74 Å². The van der Waals surface area contributed by atoms with Crippen molar-refractivity contribution in [3.63, 3.8) is 0 Å². The maximum absolute atomic E-state index is 12.4. The summed E-state index contributed by atoms with van der Waals surface area (Å²) in [6.07, 6.45) is 1.57. The van der Waals surface area contributed by atoms with Gasteiger partial charge in [-0.25, -0.2) is 8.42 Å². The smallest absolute Gasteiger partial charge is 0.321 e. The van der Waals surface area contributed by atoms with Gasteiger partial charge in [0.2, 0.25) is 10.0 Å². The maximum Gasteiger partial charge on any atom is 0.321 e. The first-order valence-corrected chi connectivity index (χ1v) is 8.87. The van der Waals surface area contributed by atoms with Crippen LogP contribution < -0.4 is 0 Å². The Kier molecular flexibility index (Phi) is 6.00. The lowest BCUT2D eigenvalue weighted by molar-refractivity contribution is -0.145. The van der Waals surface area contributed by atoms with Crippen molar-refractivity contribution in [1.29, 1.82) is 0 Å². The summed E-state index contributed by atoms with van der Waals surface area (Å²) in [7, 11) is -2.57. The van der Waals surface area contributed by atoms with Crippen LogP contribution >= 0.6 is 0 Å². The second-order valence-electron chi connectivity index (χ2n) is 5.32. The second kappa shape index (κ2) is 8.00. The molecule has 1 heterocycles. The molecule has 7 nitrogen and oxygen atoms in total. The van der Waals surface area contributed by atoms with Gasteiger partial charge in [-0.2, -0.15) is 4.31 Å². The molecule has 0 fully saturated rings. The number of ether oxygens (including phenoxy) is 1. The SMILES string of the molecule is CC(=O)c1ccc(S(=O)(=O)N(C)CC(=O)OCc2ccccn2)cc1. The van der Waals surface area contributed by atoms with Gasteiger partial charge in [-0.05, 0) is 31.2 Å². The molecule has 0 saturated carbocycles. The third-order valence-electron chi connectivity index (χ3n) is 3.43. The van der Waals surface area contributed by atoms with Crippen LogP contribution in [-0.2, 0) is 26.2 Å². The minimum atomic E-state index is -3.85. The number of pyridine rings is 1. The predicted molar refractivity (Wildman–Crippen MR) is 90.3 cm³/mol. The third kappa shape index (κ3) is 4.94. The molecule has 0 aliphatic heterocycles. The zero-order chi connectivity index (χ0) is 18.4. The highest BCUT2D eigenvalue weighted by molar-refractivity contribution is 7.89. The van der Waals surface area contributed by atoms with E-state index >= 15 is 0 Å². The highest BCUT2D eigenvalue weighted by Crippen LogP contribution is 2.15. The molecule has 1 aromatic heterocycles. The van der Waals surface area contributed by atoms with E-state index in [1.54, 1.807) is 24.4 Å². The molecule has 1 aromatic carbocycles. The van der Waals surface area contributed by atoms with Crippen LogP contribution in [0.4, 0.5) is 0 Å². The Morgan fingerprint density at radius 2 is 1.80 bits per heavy atom.